The Morgan fingerprint density at radius 3 is 2.59 bits per heavy atom. The number of carbonyl (C=O) groups is 2. The molecule has 2 amide bonds. The first kappa shape index (κ1) is 21.3. The number of nitrogens with two attached hydrogens (primary N) is 1. The standard InChI is InChI=1S/C22H27F3N4O3/c23-22(24,25)16-2-1-4-27-18(16)28-15-3-5-29(11-15)20(31)32-17-13-6-12-7-14(17)10-21(8-12,9-13)19(26)30/h1-2,4,12-15,17H,3,5-11H2,(H2,26,30)(H,27,28)/t12?,13?,14?,15-,17?,21?/m1/s1. The molecule has 1 aliphatic heterocycles. The second-order valence-corrected chi connectivity index (χ2v) is 9.94. The van der Waals surface area contributed by atoms with Gasteiger partial charge in [0, 0.05) is 25.3 Å². The number of ether oxygens (including phenoxy) is 1. The molecule has 4 bridgehead atoms. The molecule has 1 aromatic heterocycles. The number of pyridine rings is 1. The third-order valence-electron chi connectivity index (χ3n) is 7.85. The Morgan fingerprint density at radius 2 is 1.94 bits per heavy atom. The Bertz CT molecular complexity index is 908. The van der Waals surface area contributed by atoms with E-state index in [0.29, 0.717) is 31.7 Å². The maximum Gasteiger partial charge on any atom is 0.419 e. The highest BCUT2D eigenvalue weighted by atomic mass is 19.4. The summed E-state index contributed by atoms with van der Waals surface area (Å²) in [5.41, 5.74) is 4.45. The van der Waals surface area contributed by atoms with Gasteiger partial charge >= 0.3 is 12.3 Å². The highest BCUT2D eigenvalue weighted by molar-refractivity contribution is 5.81. The lowest BCUT2D eigenvalue weighted by Crippen LogP contribution is -2.59. The Hall–Kier alpha value is -2.52. The second kappa shape index (κ2) is 7.52. The van der Waals surface area contributed by atoms with Crippen LogP contribution >= 0.6 is 0 Å². The molecule has 5 fully saturated rings. The molecule has 1 aromatic rings. The average Bonchev–Trinajstić information content (AvgIpc) is 3.18. The summed E-state index contributed by atoms with van der Waals surface area (Å²) in [5.74, 6) is 0.312. The first-order valence-corrected chi connectivity index (χ1v) is 11.2. The van der Waals surface area contributed by atoms with Crippen molar-refractivity contribution in [3.8, 4) is 0 Å². The van der Waals surface area contributed by atoms with E-state index < -0.39 is 23.2 Å². The van der Waals surface area contributed by atoms with Gasteiger partial charge in [-0.2, -0.15) is 13.2 Å². The molecule has 2 unspecified atom stereocenters. The maximum absolute atomic E-state index is 13.2. The fraction of sp³-hybridized carbons (Fsp3) is 0.682. The molecule has 1 saturated heterocycles. The van der Waals surface area contributed by atoms with Crippen molar-refractivity contribution < 1.29 is 27.5 Å². The molecule has 32 heavy (non-hydrogen) atoms. The van der Waals surface area contributed by atoms with Crippen LogP contribution in [0.3, 0.4) is 0 Å². The van der Waals surface area contributed by atoms with Gasteiger partial charge in [0.15, 0.2) is 0 Å². The molecule has 4 aliphatic carbocycles. The number of nitrogens with zero attached hydrogens (tertiary/aromatic N) is 2. The Kier molecular flexibility index (Phi) is 5.01. The van der Waals surface area contributed by atoms with Gasteiger partial charge in [-0.25, -0.2) is 9.78 Å². The predicted octanol–water partition coefficient (Wildman–Crippen LogP) is 3.40. The predicted molar refractivity (Wildman–Crippen MR) is 108 cm³/mol. The van der Waals surface area contributed by atoms with Crippen molar-refractivity contribution >= 4 is 17.8 Å². The number of halogens is 3. The molecule has 0 aromatic carbocycles. The van der Waals surface area contributed by atoms with Crippen molar-refractivity contribution in [3.63, 3.8) is 0 Å². The van der Waals surface area contributed by atoms with Crippen LogP contribution < -0.4 is 11.1 Å². The molecule has 10 heteroatoms. The van der Waals surface area contributed by atoms with Gasteiger partial charge in [-0.3, -0.25) is 4.79 Å². The minimum absolute atomic E-state index is 0.150. The molecule has 5 aliphatic rings. The monoisotopic (exact) mass is 452 g/mol. The van der Waals surface area contributed by atoms with Crippen LogP contribution in [0.4, 0.5) is 23.8 Å². The maximum atomic E-state index is 13.2. The van der Waals surface area contributed by atoms with Crippen LogP contribution in [0, 0.1) is 23.2 Å². The summed E-state index contributed by atoms with van der Waals surface area (Å²) in [6.07, 6.45) is 0.772. The fourth-order valence-corrected chi connectivity index (χ4v) is 6.65. The third-order valence-corrected chi connectivity index (χ3v) is 7.85. The van der Waals surface area contributed by atoms with Crippen LogP contribution in [0.1, 0.15) is 44.1 Å². The Labute approximate surface area is 183 Å². The van der Waals surface area contributed by atoms with Crippen molar-refractivity contribution in [2.24, 2.45) is 28.9 Å². The lowest BCUT2D eigenvalue weighted by atomic mass is 9.48. The molecule has 3 N–H and O–H groups in total. The fourth-order valence-electron chi connectivity index (χ4n) is 6.65. The molecule has 0 radical (unpaired) electrons. The van der Waals surface area contributed by atoms with Crippen LogP contribution in [0.5, 0.6) is 0 Å². The zero-order valence-corrected chi connectivity index (χ0v) is 17.6. The molecule has 6 rings (SSSR count). The van der Waals surface area contributed by atoms with Crippen molar-refractivity contribution in [1.82, 2.24) is 9.88 Å². The number of primary amides is 1. The molecular formula is C22H27F3N4O3. The van der Waals surface area contributed by atoms with Gasteiger partial charge in [0.05, 0.1) is 11.0 Å². The topological polar surface area (TPSA) is 97.6 Å². The quantitative estimate of drug-likeness (QED) is 0.730. The SMILES string of the molecule is NC(=O)C12CC3CC(C1)C(OC(=O)N1CC[C@@H](Nc4ncccc4C(F)(F)F)C1)C(C3)C2. The van der Waals surface area contributed by atoms with E-state index in [9.17, 15) is 22.8 Å². The lowest BCUT2D eigenvalue weighted by Gasteiger charge is -2.58. The van der Waals surface area contributed by atoms with Gasteiger partial charge < -0.3 is 20.7 Å². The second-order valence-electron chi connectivity index (χ2n) is 9.94. The highest BCUT2D eigenvalue weighted by Gasteiger charge is 2.59. The van der Waals surface area contributed by atoms with Gasteiger partial charge in [-0.05, 0) is 68.4 Å². The van der Waals surface area contributed by atoms with Gasteiger partial charge in [0.25, 0.3) is 0 Å². The number of likely N-dealkylation sites (tertiary alicyclic amines) is 1. The molecule has 3 atom stereocenters. The Morgan fingerprint density at radius 1 is 1.22 bits per heavy atom. The smallest absolute Gasteiger partial charge is 0.419 e. The first-order chi connectivity index (χ1) is 15.1. The minimum Gasteiger partial charge on any atom is -0.446 e. The Balaban J connectivity index is 1.20. The van der Waals surface area contributed by atoms with E-state index in [1.54, 1.807) is 4.90 Å². The molecular weight excluding hydrogens is 425 g/mol. The van der Waals surface area contributed by atoms with Crippen LogP contribution in [0.15, 0.2) is 18.3 Å². The van der Waals surface area contributed by atoms with E-state index >= 15 is 0 Å². The zero-order chi connectivity index (χ0) is 22.7. The van der Waals surface area contributed by atoms with E-state index in [1.807, 2.05) is 0 Å². The minimum atomic E-state index is -4.50. The molecule has 7 nitrogen and oxygen atoms in total. The van der Waals surface area contributed by atoms with E-state index in [2.05, 4.69) is 10.3 Å². The number of hydrogen-bond acceptors (Lipinski definition) is 5. The summed E-state index contributed by atoms with van der Waals surface area (Å²) in [5, 5.41) is 2.84. The van der Waals surface area contributed by atoms with E-state index in [0.717, 1.165) is 25.3 Å². The van der Waals surface area contributed by atoms with E-state index in [4.69, 9.17) is 10.5 Å². The van der Waals surface area contributed by atoms with Crippen molar-refractivity contribution in [2.45, 2.75) is 56.8 Å². The lowest BCUT2D eigenvalue weighted by molar-refractivity contribution is -0.161. The number of hydrogen-bond donors (Lipinski definition) is 2. The van der Waals surface area contributed by atoms with Gasteiger partial charge in [-0.15, -0.1) is 0 Å². The van der Waals surface area contributed by atoms with Gasteiger partial charge in [0.1, 0.15) is 11.9 Å². The van der Waals surface area contributed by atoms with Crippen LogP contribution in [-0.2, 0) is 15.7 Å². The van der Waals surface area contributed by atoms with E-state index in [1.165, 1.54) is 12.3 Å². The summed E-state index contributed by atoms with van der Waals surface area (Å²) >= 11 is 0. The zero-order valence-electron chi connectivity index (χ0n) is 17.6. The number of aromatic nitrogens is 1. The summed E-state index contributed by atoms with van der Waals surface area (Å²) in [6.45, 7) is 0.656. The number of amides is 2. The highest BCUT2D eigenvalue weighted by Crippen LogP contribution is 2.60. The largest absolute Gasteiger partial charge is 0.446 e. The molecule has 4 saturated carbocycles. The van der Waals surface area contributed by atoms with Gasteiger partial charge in [0.2, 0.25) is 5.91 Å². The molecule has 2 heterocycles. The molecule has 174 valence electrons. The van der Waals surface area contributed by atoms with Crippen molar-refractivity contribution in [2.75, 3.05) is 18.4 Å². The number of carbonyl (C=O) groups excluding carboxylic acids is 2. The normalized spacial score (nSPS) is 35.7. The molecule has 0 spiro atoms. The van der Waals surface area contributed by atoms with Gasteiger partial charge in [-0.1, -0.05) is 0 Å². The number of nitrogens with one attached hydrogen (secondary N) is 1. The van der Waals surface area contributed by atoms with E-state index in [-0.39, 0.29) is 42.3 Å². The summed E-state index contributed by atoms with van der Waals surface area (Å²) in [6, 6.07) is 1.90. The summed E-state index contributed by atoms with van der Waals surface area (Å²) < 4.78 is 45.6. The number of anilines is 1. The third kappa shape index (κ3) is 3.67. The van der Waals surface area contributed by atoms with Crippen molar-refractivity contribution in [1.29, 1.82) is 0 Å². The van der Waals surface area contributed by atoms with Crippen LogP contribution in [0.25, 0.3) is 0 Å². The number of alkyl halides is 3. The summed E-state index contributed by atoms with van der Waals surface area (Å²) in [7, 11) is 0. The first-order valence-electron chi connectivity index (χ1n) is 11.2. The van der Waals surface area contributed by atoms with Crippen molar-refractivity contribution in [3.05, 3.63) is 23.9 Å². The summed E-state index contributed by atoms with van der Waals surface area (Å²) in [4.78, 5) is 30.3. The van der Waals surface area contributed by atoms with Crippen LogP contribution in [0.2, 0.25) is 0 Å². The number of rotatable bonds is 4. The van der Waals surface area contributed by atoms with Crippen LogP contribution in [-0.4, -0.2) is 47.1 Å². The average molecular weight is 452 g/mol.